The van der Waals surface area contributed by atoms with Crippen molar-refractivity contribution in [1.29, 1.82) is 0 Å². The number of ether oxygens (including phenoxy) is 1. The number of halogens is 3. The minimum Gasteiger partial charge on any atom is -0.383 e. The topological polar surface area (TPSA) is 53.6 Å². The average Bonchev–Trinajstić information content (AvgIpc) is 3.41. The summed E-state index contributed by atoms with van der Waals surface area (Å²) >= 11 is 0. The van der Waals surface area contributed by atoms with Crippen LogP contribution in [0, 0.1) is 0 Å². The monoisotopic (exact) mass is 461 g/mol. The van der Waals surface area contributed by atoms with E-state index in [0.29, 0.717) is 26.1 Å². The van der Waals surface area contributed by atoms with Gasteiger partial charge >= 0.3 is 6.18 Å². The van der Waals surface area contributed by atoms with Crippen LogP contribution in [0.3, 0.4) is 0 Å². The first-order valence-electron chi connectivity index (χ1n) is 11.3. The van der Waals surface area contributed by atoms with Crippen molar-refractivity contribution in [2.75, 3.05) is 26.8 Å². The molecule has 1 heterocycles. The fourth-order valence-electron chi connectivity index (χ4n) is 5.04. The smallest absolute Gasteiger partial charge is 0.383 e. The Morgan fingerprint density at radius 2 is 1.76 bits per heavy atom. The van der Waals surface area contributed by atoms with Gasteiger partial charge in [0.15, 0.2) is 0 Å². The second-order valence-corrected chi connectivity index (χ2v) is 8.80. The molecule has 0 saturated carbocycles. The van der Waals surface area contributed by atoms with Crippen LogP contribution >= 0.6 is 0 Å². The van der Waals surface area contributed by atoms with Gasteiger partial charge in [-0.3, -0.25) is 9.69 Å². The summed E-state index contributed by atoms with van der Waals surface area (Å²) in [7, 11) is 1.59. The van der Waals surface area contributed by atoms with Crippen LogP contribution in [-0.2, 0) is 35.1 Å². The summed E-state index contributed by atoms with van der Waals surface area (Å²) < 4.78 is 45.1. The number of hydrogen-bond donors (Lipinski definition) is 2. The largest absolute Gasteiger partial charge is 0.416 e. The van der Waals surface area contributed by atoms with Gasteiger partial charge in [0.25, 0.3) is 0 Å². The maximum absolute atomic E-state index is 13.4. The predicted octanol–water partition coefficient (Wildman–Crippen LogP) is 3.17. The van der Waals surface area contributed by atoms with Gasteiger partial charge in [-0.2, -0.15) is 13.2 Å². The Balaban J connectivity index is 1.45. The zero-order valence-corrected chi connectivity index (χ0v) is 18.7. The second-order valence-electron chi connectivity index (χ2n) is 8.80. The molecule has 4 rings (SSSR count). The standard InChI is InChI=1S/C25H30F3N3O2/c1-33-11-10-29-24(32)23-14-20(30-15-19-8-4-5-9-22(19)25(26,27)28)16-31(23)21-12-17-6-2-3-7-18(17)13-21/h2-9,20-21,23,30H,10-16H2,1H3,(H,29,32)/t20-,23+/m1/s1. The first-order valence-corrected chi connectivity index (χ1v) is 11.3. The van der Waals surface area contributed by atoms with Crippen molar-refractivity contribution in [1.82, 2.24) is 15.5 Å². The molecule has 2 atom stereocenters. The highest BCUT2D eigenvalue weighted by Crippen LogP contribution is 2.33. The van der Waals surface area contributed by atoms with Crippen molar-refractivity contribution in [3.8, 4) is 0 Å². The first-order chi connectivity index (χ1) is 15.9. The highest BCUT2D eigenvalue weighted by Gasteiger charge is 2.42. The van der Waals surface area contributed by atoms with Crippen molar-refractivity contribution < 1.29 is 22.7 Å². The minimum atomic E-state index is -4.39. The molecule has 0 bridgehead atoms. The fraction of sp³-hybridized carbons (Fsp3) is 0.480. The first kappa shape index (κ1) is 23.7. The SMILES string of the molecule is COCCNC(=O)[C@@H]1C[C@@H](NCc2ccccc2C(F)(F)F)CN1C1Cc2ccccc2C1. The Morgan fingerprint density at radius 3 is 2.42 bits per heavy atom. The van der Waals surface area contributed by atoms with E-state index in [9.17, 15) is 18.0 Å². The highest BCUT2D eigenvalue weighted by molar-refractivity contribution is 5.82. The lowest BCUT2D eigenvalue weighted by molar-refractivity contribution is -0.138. The lowest BCUT2D eigenvalue weighted by atomic mass is 10.1. The number of amides is 1. The van der Waals surface area contributed by atoms with Gasteiger partial charge in [-0.1, -0.05) is 42.5 Å². The minimum absolute atomic E-state index is 0.0528. The van der Waals surface area contributed by atoms with Crippen LogP contribution in [0.25, 0.3) is 0 Å². The molecule has 1 aliphatic heterocycles. The molecular weight excluding hydrogens is 431 g/mol. The molecule has 8 heteroatoms. The van der Waals surface area contributed by atoms with Crippen molar-refractivity contribution in [3.63, 3.8) is 0 Å². The summed E-state index contributed by atoms with van der Waals surface area (Å²) in [6.45, 7) is 1.59. The number of nitrogens with one attached hydrogen (secondary N) is 2. The van der Waals surface area contributed by atoms with Gasteiger partial charge in [0.05, 0.1) is 18.2 Å². The van der Waals surface area contributed by atoms with Gasteiger partial charge in [-0.15, -0.1) is 0 Å². The fourth-order valence-corrected chi connectivity index (χ4v) is 5.04. The van der Waals surface area contributed by atoms with Gasteiger partial charge < -0.3 is 15.4 Å². The van der Waals surface area contributed by atoms with Crippen LogP contribution in [-0.4, -0.2) is 55.7 Å². The average molecular weight is 462 g/mol. The Kier molecular flexibility index (Phi) is 7.36. The van der Waals surface area contributed by atoms with E-state index in [1.54, 1.807) is 13.2 Å². The van der Waals surface area contributed by atoms with E-state index in [4.69, 9.17) is 4.74 Å². The van der Waals surface area contributed by atoms with Gasteiger partial charge in [0, 0.05) is 38.8 Å². The van der Waals surface area contributed by atoms with Crippen molar-refractivity contribution in [3.05, 3.63) is 70.8 Å². The summed E-state index contributed by atoms with van der Waals surface area (Å²) in [4.78, 5) is 15.2. The van der Waals surface area contributed by atoms with E-state index in [0.717, 1.165) is 18.9 Å². The van der Waals surface area contributed by atoms with Gasteiger partial charge in [-0.25, -0.2) is 0 Å². The zero-order valence-electron chi connectivity index (χ0n) is 18.7. The number of carbonyl (C=O) groups is 1. The molecule has 5 nitrogen and oxygen atoms in total. The number of methoxy groups -OCH3 is 1. The lowest BCUT2D eigenvalue weighted by Gasteiger charge is -2.29. The van der Waals surface area contributed by atoms with Crippen LogP contribution in [0.15, 0.2) is 48.5 Å². The number of rotatable bonds is 8. The number of hydrogen-bond acceptors (Lipinski definition) is 4. The lowest BCUT2D eigenvalue weighted by Crippen LogP contribution is -2.48. The maximum Gasteiger partial charge on any atom is 0.416 e. The molecule has 178 valence electrons. The quantitative estimate of drug-likeness (QED) is 0.593. The van der Waals surface area contributed by atoms with Crippen LogP contribution < -0.4 is 10.6 Å². The number of benzene rings is 2. The third-order valence-corrected chi connectivity index (χ3v) is 6.65. The molecule has 2 aliphatic rings. The van der Waals surface area contributed by atoms with E-state index >= 15 is 0 Å². The molecule has 2 N–H and O–H groups in total. The van der Waals surface area contributed by atoms with E-state index < -0.39 is 11.7 Å². The summed E-state index contributed by atoms with van der Waals surface area (Å²) in [6, 6.07) is 13.8. The summed E-state index contributed by atoms with van der Waals surface area (Å²) in [6.07, 6.45) is -2.08. The van der Waals surface area contributed by atoms with E-state index in [-0.39, 0.29) is 36.1 Å². The predicted molar refractivity (Wildman–Crippen MR) is 120 cm³/mol. The molecule has 2 aromatic rings. The number of likely N-dealkylation sites (tertiary alicyclic amines) is 1. The highest BCUT2D eigenvalue weighted by atomic mass is 19.4. The van der Waals surface area contributed by atoms with Gasteiger partial charge in [0.2, 0.25) is 5.91 Å². The van der Waals surface area contributed by atoms with Crippen molar-refractivity contribution in [2.45, 2.75) is 50.1 Å². The maximum atomic E-state index is 13.4. The second kappa shape index (κ2) is 10.2. The Labute approximate surface area is 192 Å². The van der Waals surface area contributed by atoms with Crippen LogP contribution in [0.2, 0.25) is 0 Å². The Morgan fingerprint density at radius 1 is 1.09 bits per heavy atom. The molecule has 0 spiro atoms. The van der Waals surface area contributed by atoms with Gasteiger partial charge in [0.1, 0.15) is 0 Å². The number of carbonyl (C=O) groups excluding carboxylic acids is 1. The molecule has 1 amide bonds. The third-order valence-electron chi connectivity index (χ3n) is 6.65. The van der Waals surface area contributed by atoms with E-state index in [1.807, 2.05) is 12.1 Å². The molecular formula is C25H30F3N3O2. The summed E-state index contributed by atoms with van der Waals surface area (Å²) in [5.41, 5.74) is 2.21. The molecule has 2 aromatic carbocycles. The normalized spacial score (nSPS) is 21.3. The Bertz CT molecular complexity index is 941. The summed E-state index contributed by atoms with van der Waals surface area (Å²) in [5, 5.41) is 6.23. The molecule has 1 aliphatic carbocycles. The van der Waals surface area contributed by atoms with Gasteiger partial charge in [-0.05, 0) is 42.0 Å². The molecule has 0 radical (unpaired) electrons. The van der Waals surface area contributed by atoms with E-state index in [2.05, 4.69) is 27.7 Å². The zero-order chi connectivity index (χ0) is 23.4. The molecule has 33 heavy (non-hydrogen) atoms. The Hall–Kier alpha value is -2.42. The molecule has 1 fully saturated rings. The van der Waals surface area contributed by atoms with Crippen molar-refractivity contribution >= 4 is 5.91 Å². The molecule has 0 aromatic heterocycles. The molecule has 0 unspecified atom stereocenters. The van der Waals surface area contributed by atoms with Crippen LogP contribution in [0.4, 0.5) is 13.2 Å². The third kappa shape index (κ3) is 5.57. The number of fused-ring (bicyclic) bond motifs is 1. The van der Waals surface area contributed by atoms with E-state index in [1.165, 1.54) is 23.3 Å². The van der Waals surface area contributed by atoms with Crippen LogP contribution in [0.5, 0.6) is 0 Å². The molecule has 1 saturated heterocycles. The number of alkyl halides is 3. The van der Waals surface area contributed by atoms with Crippen LogP contribution in [0.1, 0.15) is 28.7 Å². The number of nitrogens with zero attached hydrogens (tertiary/aromatic N) is 1. The van der Waals surface area contributed by atoms with Crippen molar-refractivity contribution in [2.24, 2.45) is 0 Å². The summed E-state index contributed by atoms with van der Waals surface area (Å²) in [5.74, 6) is -0.0528.